The lowest BCUT2D eigenvalue weighted by molar-refractivity contribution is -0.275. The molecular weight excluding hydrogens is 528 g/mol. The molecule has 2 fully saturated rings. The van der Waals surface area contributed by atoms with Crippen LogP contribution in [-0.2, 0) is 10.2 Å². The van der Waals surface area contributed by atoms with Gasteiger partial charge in [-0.25, -0.2) is 0 Å². The fourth-order valence-corrected chi connectivity index (χ4v) is 4.97. The first-order valence-electron chi connectivity index (χ1n) is 13.0. The third kappa shape index (κ3) is 8.78. The number of nitrogens with zero attached hydrogens (tertiary/aromatic N) is 1. The van der Waals surface area contributed by atoms with Crippen molar-refractivity contribution in [3.63, 3.8) is 0 Å². The molecule has 2 aliphatic rings. The molecule has 1 atom stereocenters. The number of ether oxygens (including phenoxy) is 3. The summed E-state index contributed by atoms with van der Waals surface area (Å²) in [5, 5.41) is 0. The first-order chi connectivity index (χ1) is 18.4. The van der Waals surface area contributed by atoms with Crippen LogP contribution in [0.1, 0.15) is 51.5 Å². The van der Waals surface area contributed by atoms with Crippen LogP contribution in [0.4, 0.5) is 26.3 Å². The number of ketones is 1. The van der Waals surface area contributed by atoms with Gasteiger partial charge >= 0.3 is 12.7 Å². The summed E-state index contributed by atoms with van der Waals surface area (Å²) < 4.78 is 87.8. The Kier molecular flexibility index (Phi) is 10.1. The van der Waals surface area contributed by atoms with E-state index in [1.165, 1.54) is 48.5 Å². The normalized spacial score (nSPS) is 19.2. The number of piperidine rings is 1. The molecule has 5 nitrogen and oxygen atoms in total. The first kappa shape index (κ1) is 30.6. The van der Waals surface area contributed by atoms with Crippen molar-refractivity contribution in [2.24, 2.45) is 5.92 Å². The van der Waals surface area contributed by atoms with E-state index in [0.29, 0.717) is 37.3 Å². The molecule has 216 valence electrons. The zero-order valence-corrected chi connectivity index (χ0v) is 21.9. The van der Waals surface area contributed by atoms with Crippen molar-refractivity contribution >= 4 is 5.78 Å². The first-order valence-corrected chi connectivity index (χ1v) is 13.0. The summed E-state index contributed by atoms with van der Waals surface area (Å²) in [4.78, 5) is 15.4. The van der Waals surface area contributed by atoms with E-state index in [-0.39, 0.29) is 29.7 Å². The lowest BCUT2D eigenvalue weighted by atomic mass is 9.61. The van der Waals surface area contributed by atoms with Crippen LogP contribution in [0, 0.1) is 5.92 Å². The molecule has 1 aliphatic carbocycles. The summed E-state index contributed by atoms with van der Waals surface area (Å²) in [6.45, 7) is 5.98. The second-order valence-corrected chi connectivity index (χ2v) is 9.50. The van der Waals surface area contributed by atoms with Crippen molar-refractivity contribution in [3.05, 3.63) is 54.1 Å². The number of rotatable bonds is 9. The molecule has 2 aromatic rings. The standard InChI is InChI=1S/C26H27F6NO4.C2H6/c27-25(28,29)36-21-6-4-19(5-7-21)24(12-2-13-24)23(34)16-33-14-1-3-18(15-33)17-35-20-8-10-22(11-9-20)37-26(30,31)32;1-2/h4-11,18H,1-3,12-17H2;1-2H3. The van der Waals surface area contributed by atoms with Crippen molar-refractivity contribution in [1.82, 2.24) is 4.90 Å². The highest BCUT2D eigenvalue weighted by atomic mass is 19.4. The molecule has 0 radical (unpaired) electrons. The minimum atomic E-state index is -4.77. The zero-order valence-electron chi connectivity index (χ0n) is 21.9. The zero-order chi connectivity index (χ0) is 28.7. The molecule has 0 spiro atoms. The van der Waals surface area contributed by atoms with E-state index in [4.69, 9.17) is 4.74 Å². The van der Waals surface area contributed by atoms with Gasteiger partial charge in [-0.2, -0.15) is 0 Å². The maximum atomic E-state index is 13.4. The van der Waals surface area contributed by atoms with Crippen molar-refractivity contribution in [2.45, 2.75) is 64.1 Å². The third-order valence-electron chi connectivity index (χ3n) is 6.89. The third-order valence-corrected chi connectivity index (χ3v) is 6.89. The predicted octanol–water partition coefficient (Wildman–Crippen LogP) is 7.29. The van der Waals surface area contributed by atoms with E-state index in [9.17, 15) is 31.1 Å². The minimum absolute atomic E-state index is 0.0464. The molecule has 0 aromatic heterocycles. The highest BCUT2D eigenvalue weighted by molar-refractivity contribution is 5.92. The number of Topliss-reactive ketones (excluding diaryl/α,β-unsaturated/α-hetero) is 1. The molecule has 1 aliphatic heterocycles. The molecule has 2 aromatic carbocycles. The van der Waals surface area contributed by atoms with E-state index in [2.05, 4.69) is 14.4 Å². The van der Waals surface area contributed by atoms with Gasteiger partial charge in [0, 0.05) is 12.5 Å². The quantitative estimate of drug-likeness (QED) is 0.301. The summed E-state index contributed by atoms with van der Waals surface area (Å²) in [6.07, 6.45) is -5.59. The smallest absolute Gasteiger partial charge is 0.493 e. The highest BCUT2D eigenvalue weighted by Crippen LogP contribution is 2.45. The van der Waals surface area contributed by atoms with Gasteiger partial charge in [0.05, 0.1) is 18.6 Å². The van der Waals surface area contributed by atoms with Gasteiger partial charge < -0.3 is 14.2 Å². The van der Waals surface area contributed by atoms with Crippen LogP contribution >= 0.6 is 0 Å². The summed E-state index contributed by atoms with van der Waals surface area (Å²) in [6, 6.07) is 10.8. The van der Waals surface area contributed by atoms with Crippen LogP contribution in [0.25, 0.3) is 0 Å². The van der Waals surface area contributed by atoms with Crippen LogP contribution in [0.2, 0.25) is 0 Å². The average molecular weight is 562 g/mol. The molecule has 0 N–H and O–H groups in total. The fourth-order valence-electron chi connectivity index (χ4n) is 4.97. The van der Waals surface area contributed by atoms with Gasteiger partial charge in [0.1, 0.15) is 17.2 Å². The molecule has 4 rings (SSSR count). The van der Waals surface area contributed by atoms with Gasteiger partial charge in [-0.3, -0.25) is 9.69 Å². The Morgan fingerprint density at radius 3 is 1.85 bits per heavy atom. The molecule has 39 heavy (non-hydrogen) atoms. The molecule has 0 amide bonds. The maximum absolute atomic E-state index is 13.4. The predicted molar refractivity (Wildman–Crippen MR) is 133 cm³/mol. The minimum Gasteiger partial charge on any atom is -0.493 e. The molecule has 1 saturated carbocycles. The number of carbonyl (C=O) groups excluding carboxylic acids is 1. The van der Waals surface area contributed by atoms with Crippen molar-refractivity contribution in [1.29, 1.82) is 0 Å². The van der Waals surface area contributed by atoms with Gasteiger partial charge in [-0.15, -0.1) is 26.3 Å². The van der Waals surface area contributed by atoms with Crippen molar-refractivity contribution < 1.29 is 45.3 Å². The largest absolute Gasteiger partial charge is 0.573 e. The second kappa shape index (κ2) is 12.9. The number of hydrogen-bond donors (Lipinski definition) is 0. The monoisotopic (exact) mass is 561 g/mol. The van der Waals surface area contributed by atoms with Crippen LogP contribution in [-0.4, -0.2) is 49.6 Å². The van der Waals surface area contributed by atoms with E-state index in [0.717, 1.165) is 25.8 Å². The molecule has 1 unspecified atom stereocenters. The number of halogens is 6. The fraction of sp³-hybridized carbons (Fsp3) is 0.536. The Morgan fingerprint density at radius 2 is 1.36 bits per heavy atom. The lowest BCUT2D eigenvalue weighted by Gasteiger charge is -2.43. The number of carbonyl (C=O) groups is 1. The SMILES string of the molecule is CC.O=C(CN1CCCC(COc2ccc(OC(F)(F)F)cc2)C1)C1(c2ccc(OC(F)(F)F)cc2)CCC1. The van der Waals surface area contributed by atoms with Gasteiger partial charge in [0.25, 0.3) is 0 Å². The topological polar surface area (TPSA) is 48.0 Å². The van der Waals surface area contributed by atoms with Gasteiger partial charge in [0.15, 0.2) is 5.78 Å². The van der Waals surface area contributed by atoms with E-state index < -0.39 is 18.1 Å². The van der Waals surface area contributed by atoms with Crippen molar-refractivity contribution in [2.75, 3.05) is 26.2 Å². The molecule has 11 heteroatoms. The van der Waals surface area contributed by atoms with Gasteiger partial charge in [0.2, 0.25) is 0 Å². The van der Waals surface area contributed by atoms with Gasteiger partial charge in [-0.1, -0.05) is 32.4 Å². The summed E-state index contributed by atoms with van der Waals surface area (Å²) in [5.41, 5.74) is 0.00795. The van der Waals surface area contributed by atoms with Crippen LogP contribution < -0.4 is 14.2 Å². The van der Waals surface area contributed by atoms with E-state index in [1.807, 2.05) is 13.8 Å². The van der Waals surface area contributed by atoms with Crippen LogP contribution in [0.5, 0.6) is 17.2 Å². The highest BCUT2D eigenvalue weighted by Gasteiger charge is 2.45. The number of hydrogen-bond acceptors (Lipinski definition) is 5. The number of benzene rings is 2. The van der Waals surface area contributed by atoms with Crippen LogP contribution in [0.15, 0.2) is 48.5 Å². The Balaban J connectivity index is 0.00000205. The Hall–Kier alpha value is -2.95. The number of alkyl halides is 6. The van der Waals surface area contributed by atoms with Gasteiger partial charge in [-0.05, 0) is 74.2 Å². The molecule has 1 saturated heterocycles. The molecular formula is C28H33F6NO4. The van der Waals surface area contributed by atoms with Crippen molar-refractivity contribution in [3.8, 4) is 17.2 Å². The molecule has 1 heterocycles. The second-order valence-electron chi connectivity index (χ2n) is 9.50. The molecule has 0 bridgehead atoms. The Morgan fingerprint density at radius 1 is 0.846 bits per heavy atom. The van der Waals surface area contributed by atoms with E-state index >= 15 is 0 Å². The Labute approximate surface area is 224 Å². The Bertz CT molecular complexity index is 1050. The lowest BCUT2D eigenvalue weighted by Crippen LogP contribution is -2.49. The number of likely N-dealkylation sites (tertiary alicyclic amines) is 1. The maximum Gasteiger partial charge on any atom is 0.573 e. The summed E-state index contributed by atoms with van der Waals surface area (Å²) in [7, 11) is 0. The summed E-state index contributed by atoms with van der Waals surface area (Å²) >= 11 is 0. The van der Waals surface area contributed by atoms with E-state index in [1.54, 1.807) is 0 Å². The summed E-state index contributed by atoms with van der Waals surface area (Å²) in [5.74, 6) is -0.0304. The van der Waals surface area contributed by atoms with Crippen LogP contribution in [0.3, 0.4) is 0 Å². The average Bonchev–Trinajstić information content (AvgIpc) is 2.84.